The van der Waals surface area contributed by atoms with Gasteiger partial charge in [0, 0.05) is 19.0 Å². The van der Waals surface area contributed by atoms with Crippen LogP contribution < -0.4 is 0 Å². The van der Waals surface area contributed by atoms with Gasteiger partial charge in [0.05, 0.1) is 6.04 Å². The molecule has 2 aliphatic heterocycles. The van der Waals surface area contributed by atoms with Gasteiger partial charge in [-0.1, -0.05) is 60.7 Å². The standard InChI is InChI=1S/C24H26N2O5/c27-22(26-20(16-31-24(26)30)13-17-7-3-1-4-8-17)21(14-18-9-5-2-6-10-18)19-11-12-25(15-19)23(28)29/h1-10,19-21H,11-16H2,(H,28,29)/t19-,20-,21-/m0/s1. The van der Waals surface area contributed by atoms with Gasteiger partial charge in [0.2, 0.25) is 5.91 Å². The molecule has 0 unspecified atom stereocenters. The SMILES string of the molecule is O=C(O)N1CC[C@H]([C@H](Cc2ccccc2)C(=O)N2C(=O)OC[C@@H]2Cc2ccccc2)C1. The van der Waals surface area contributed by atoms with Gasteiger partial charge in [-0.15, -0.1) is 0 Å². The van der Waals surface area contributed by atoms with Crippen molar-refractivity contribution in [3.63, 3.8) is 0 Å². The molecule has 7 nitrogen and oxygen atoms in total. The molecule has 2 aliphatic rings. The van der Waals surface area contributed by atoms with E-state index in [-0.39, 0.29) is 24.5 Å². The Morgan fingerprint density at radius 1 is 1.03 bits per heavy atom. The van der Waals surface area contributed by atoms with Crippen LogP contribution in [0.3, 0.4) is 0 Å². The number of hydrogen-bond donors (Lipinski definition) is 1. The molecule has 0 radical (unpaired) electrons. The van der Waals surface area contributed by atoms with Gasteiger partial charge in [0.15, 0.2) is 0 Å². The van der Waals surface area contributed by atoms with Crippen LogP contribution in [0.4, 0.5) is 9.59 Å². The average Bonchev–Trinajstić information content (AvgIpc) is 3.40. The molecular formula is C24H26N2O5. The van der Waals surface area contributed by atoms with Crippen LogP contribution in [0.1, 0.15) is 17.5 Å². The van der Waals surface area contributed by atoms with Crippen LogP contribution in [0.25, 0.3) is 0 Å². The number of carbonyl (C=O) groups is 3. The number of imide groups is 1. The number of carboxylic acid groups (broad SMARTS) is 1. The average molecular weight is 422 g/mol. The van der Waals surface area contributed by atoms with E-state index < -0.39 is 18.1 Å². The normalized spacial score (nSPS) is 21.7. The van der Waals surface area contributed by atoms with Gasteiger partial charge in [-0.3, -0.25) is 4.79 Å². The van der Waals surface area contributed by atoms with E-state index in [9.17, 15) is 19.5 Å². The summed E-state index contributed by atoms with van der Waals surface area (Å²) in [7, 11) is 0. The Bertz CT molecular complexity index is 934. The highest BCUT2D eigenvalue weighted by atomic mass is 16.6. The molecule has 2 fully saturated rings. The number of amides is 3. The van der Waals surface area contributed by atoms with Gasteiger partial charge >= 0.3 is 12.2 Å². The van der Waals surface area contributed by atoms with Crippen molar-refractivity contribution in [2.45, 2.75) is 25.3 Å². The highest BCUT2D eigenvalue weighted by Crippen LogP contribution is 2.31. The second-order valence-corrected chi connectivity index (χ2v) is 8.20. The molecule has 0 aromatic heterocycles. The molecule has 2 aromatic rings. The molecule has 162 valence electrons. The van der Waals surface area contributed by atoms with Crippen LogP contribution in [0.15, 0.2) is 60.7 Å². The summed E-state index contributed by atoms with van der Waals surface area (Å²) in [6.45, 7) is 0.866. The molecule has 4 rings (SSSR count). The first-order chi connectivity index (χ1) is 15.0. The van der Waals surface area contributed by atoms with Crippen molar-refractivity contribution in [2.24, 2.45) is 11.8 Å². The van der Waals surface area contributed by atoms with Gasteiger partial charge < -0.3 is 14.7 Å². The number of cyclic esters (lactones) is 1. The van der Waals surface area contributed by atoms with Crippen molar-refractivity contribution >= 4 is 18.1 Å². The molecule has 0 bridgehead atoms. The van der Waals surface area contributed by atoms with Crippen molar-refractivity contribution < 1.29 is 24.2 Å². The Morgan fingerprint density at radius 2 is 1.68 bits per heavy atom. The maximum atomic E-state index is 13.7. The predicted molar refractivity (Wildman–Crippen MR) is 113 cm³/mol. The van der Waals surface area contributed by atoms with Crippen LogP contribution in [0.5, 0.6) is 0 Å². The van der Waals surface area contributed by atoms with Gasteiger partial charge in [0.1, 0.15) is 6.61 Å². The van der Waals surface area contributed by atoms with Crippen LogP contribution in [-0.4, -0.2) is 58.7 Å². The third kappa shape index (κ3) is 4.71. The lowest BCUT2D eigenvalue weighted by Crippen LogP contribution is -2.46. The second kappa shape index (κ2) is 9.20. The van der Waals surface area contributed by atoms with Crippen LogP contribution >= 0.6 is 0 Å². The van der Waals surface area contributed by atoms with Crippen LogP contribution in [0, 0.1) is 11.8 Å². The number of benzene rings is 2. The monoisotopic (exact) mass is 422 g/mol. The van der Waals surface area contributed by atoms with Crippen molar-refractivity contribution in [1.82, 2.24) is 9.80 Å². The predicted octanol–water partition coefficient (Wildman–Crippen LogP) is 3.44. The second-order valence-electron chi connectivity index (χ2n) is 8.20. The highest BCUT2D eigenvalue weighted by Gasteiger charge is 2.44. The molecule has 0 saturated carbocycles. The molecule has 0 spiro atoms. The minimum atomic E-state index is -0.976. The molecule has 3 amide bonds. The topological polar surface area (TPSA) is 87.2 Å². The smallest absolute Gasteiger partial charge is 0.416 e. The van der Waals surface area contributed by atoms with Crippen molar-refractivity contribution in [2.75, 3.05) is 19.7 Å². The Morgan fingerprint density at radius 3 is 2.29 bits per heavy atom. The Balaban J connectivity index is 1.57. The van der Waals surface area contributed by atoms with Gasteiger partial charge in [0.25, 0.3) is 0 Å². The molecule has 2 saturated heterocycles. The summed E-state index contributed by atoms with van der Waals surface area (Å²) >= 11 is 0. The number of nitrogens with zero attached hydrogens (tertiary/aromatic N) is 2. The molecule has 0 aliphatic carbocycles. The summed E-state index contributed by atoms with van der Waals surface area (Å²) in [4.78, 5) is 40.3. The molecule has 3 atom stereocenters. The quantitative estimate of drug-likeness (QED) is 0.771. The van der Waals surface area contributed by atoms with Gasteiger partial charge in [-0.2, -0.15) is 0 Å². The van der Waals surface area contributed by atoms with E-state index in [0.29, 0.717) is 32.4 Å². The number of ether oxygens (including phenoxy) is 1. The fourth-order valence-electron chi connectivity index (χ4n) is 4.56. The first kappa shape index (κ1) is 20.9. The fraction of sp³-hybridized carbons (Fsp3) is 0.375. The summed E-state index contributed by atoms with van der Waals surface area (Å²) in [5.41, 5.74) is 2.02. The Kier molecular flexibility index (Phi) is 6.21. The lowest BCUT2D eigenvalue weighted by Gasteiger charge is -2.28. The Hall–Kier alpha value is -3.35. The highest BCUT2D eigenvalue weighted by molar-refractivity contribution is 5.95. The minimum absolute atomic E-state index is 0.144. The lowest BCUT2D eigenvalue weighted by atomic mass is 9.84. The first-order valence-corrected chi connectivity index (χ1v) is 10.6. The molecular weight excluding hydrogens is 396 g/mol. The zero-order chi connectivity index (χ0) is 21.8. The number of hydrogen-bond acceptors (Lipinski definition) is 4. The van der Waals surface area contributed by atoms with E-state index in [1.165, 1.54) is 9.80 Å². The van der Waals surface area contributed by atoms with Crippen molar-refractivity contribution in [3.8, 4) is 0 Å². The molecule has 31 heavy (non-hydrogen) atoms. The van der Waals surface area contributed by atoms with Gasteiger partial charge in [-0.05, 0) is 36.3 Å². The van der Waals surface area contributed by atoms with E-state index in [1.54, 1.807) is 0 Å². The summed E-state index contributed by atoms with van der Waals surface area (Å²) in [5.74, 6) is -0.908. The largest absolute Gasteiger partial charge is 0.465 e. The van der Waals surface area contributed by atoms with Crippen molar-refractivity contribution in [3.05, 3.63) is 71.8 Å². The van der Waals surface area contributed by atoms with Crippen molar-refractivity contribution in [1.29, 1.82) is 0 Å². The summed E-state index contributed by atoms with van der Waals surface area (Å²) < 4.78 is 5.26. The van der Waals surface area contributed by atoms with E-state index in [4.69, 9.17) is 4.74 Å². The number of likely N-dealkylation sites (tertiary alicyclic amines) is 1. The third-order valence-corrected chi connectivity index (χ3v) is 6.19. The third-order valence-electron chi connectivity index (χ3n) is 6.19. The van der Waals surface area contributed by atoms with E-state index in [0.717, 1.165) is 11.1 Å². The van der Waals surface area contributed by atoms with E-state index >= 15 is 0 Å². The van der Waals surface area contributed by atoms with Gasteiger partial charge in [-0.25, -0.2) is 14.5 Å². The molecule has 2 aromatic carbocycles. The summed E-state index contributed by atoms with van der Waals surface area (Å²) in [5, 5.41) is 9.36. The first-order valence-electron chi connectivity index (χ1n) is 10.6. The fourth-order valence-corrected chi connectivity index (χ4v) is 4.56. The zero-order valence-corrected chi connectivity index (χ0v) is 17.2. The molecule has 1 N–H and O–H groups in total. The summed E-state index contributed by atoms with van der Waals surface area (Å²) in [6.07, 6.45) is -0.00278. The molecule has 2 heterocycles. The zero-order valence-electron chi connectivity index (χ0n) is 17.2. The number of carbonyl (C=O) groups excluding carboxylic acids is 2. The maximum absolute atomic E-state index is 13.7. The van der Waals surface area contributed by atoms with Crippen LogP contribution in [0.2, 0.25) is 0 Å². The summed E-state index contributed by atoms with van der Waals surface area (Å²) in [6, 6.07) is 19.0. The van der Waals surface area contributed by atoms with E-state index in [1.807, 2.05) is 60.7 Å². The van der Waals surface area contributed by atoms with E-state index in [2.05, 4.69) is 0 Å². The Labute approximate surface area is 181 Å². The molecule has 7 heteroatoms. The van der Waals surface area contributed by atoms with Crippen LogP contribution in [-0.2, 0) is 22.4 Å². The number of rotatable bonds is 6. The maximum Gasteiger partial charge on any atom is 0.416 e. The minimum Gasteiger partial charge on any atom is -0.465 e. The lowest BCUT2D eigenvalue weighted by molar-refractivity contribution is -0.135.